The number of benzene rings is 1. The van der Waals surface area contributed by atoms with E-state index in [0.29, 0.717) is 31.8 Å². The van der Waals surface area contributed by atoms with Gasteiger partial charge in [-0.1, -0.05) is 6.07 Å². The summed E-state index contributed by atoms with van der Waals surface area (Å²) < 4.78 is 64.1. The van der Waals surface area contributed by atoms with Gasteiger partial charge >= 0.3 is 6.18 Å². The third-order valence-corrected chi connectivity index (χ3v) is 8.61. The number of sulfone groups is 1. The molecule has 11 heteroatoms. The predicted molar refractivity (Wildman–Crippen MR) is 131 cm³/mol. The van der Waals surface area contributed by atoms with Gasteiger partial charge in [-0.25, -0.2) is 8.42 Å². The van der Waals surface area contributed by atoms with Crippen molar-refractivity contribution in [1.29, 1.82) is 0 Å². The summed E-state index contributed by atoms with van der Waals surface area (Å²) in [5.74, 6) is -1.31. The summed E-state index contributed by atoms with van der Waals surface area (Å²) in [6.07, 6.45) is -0.940. The van der Waals surface area contributed by atoms with E-state index in [1.54, 1.807) is 4.90 Å². The SMILES string of the molecule is Cc1ccc(C(=O)NC2CCN([C@H]3CC[C@@H](N(C)C(C)C)C[C@H]3CS(C)(=O)=O)C2=O)cc1C(F)(F)F. The molecule has 1 saturated heterocycles. The van der Waals surface area contributed by atoms with Gasteiger partial charge in [-0.15, -0.1) is 0 Å². The number of likely N-dealkylation sites (tertiary alicyclic amines) is 1. The minimum atomic E-state index is -4.59. The third kappa shape index (κ3) is 6.59. The van der Waals surface area contributed by atoms with E-state index >= 15 is 0 Å². The highest BCUT2D eigenvalue weighted by molar-refractivity contribution is 7.90. The quantitative estimate of drug-likeness (QED) is 0.584. The van der Waals surface area contributed by atoms with Crippen molar-refractivity contribution in [1.82, 2.24) is 15.1 Å². The van der Waals surface area contributed by atoms with Crippen LogP contribution in [0.1, 0.15) is 61.0 Å². The van der Waals surface area contributed by atoms with Crippen LogP contribution in [0.5, 0.6) is 0 Å². The molecule has 1 aliphatic carbocycles. The Balaban J connectivity index is 1.73. The van der Waals surface area contributed by atoms with E-state index in [4.69, 9.17) is 0 Å². The van der Waals surface area contributed by atoms with Crippen molar-refractivity contribution in [3.8, 4) is 0 Å². The van der Waals surface area contributed by atoms with Gasteiger partial charge in [0.05, 0.1) is 11.3 Å². The van der Waals surface area contributed by atoms with Crippen molar-refractivity contribution >= 4 is 21.7 Å². The van der Waals surface area contributed by atoms with Crippen LogP contribution in [0.2, 0.25) is 0 Å². The van der Waals surface area contributed by atoms with Crippen molar-refractivity contribution in [3.05, 3.63) is 34.9 Å². The molecule has 0 aromatic heterocycles. The first-order valence-electron chi connectivity index (χ1n) is 12.3. The fraction of sp³-hybridized carbons (Fsp3) is 0.680. The lowest BCUT2D eigenvalue weighted by atomic mass is 9.81. The lowest BCUT2D eigenvalue weighted by molar-refractivity contribution is -0.138. The molecule has 1 N–H and O–H groups in total. The van der Waals surface area contributed by atoms with E-state index in [1.165, 1.54) is 25.3 Å². The topological polar surface area (TPSA) is 86.8 Å². The Labute approximate surface area is 211 Å². The van der Waals surface area contributed by atoms with Gasteiger partial charge < -0.3 is 15.1 Å². The average molecular weight is 532 g/mol. The molecule has 3 rings (SSSR count). The second-order valence-electron chi connectivity index (χ2n) is 10.5. The molecule has 36 heavy (non-hydrogen) atoms. The Kier molecular flexibility index (Phi) is 8.44. The zero-order chi connectivity index (χ0) is 27.0. The molecule has 1 aromatic rings. The largest absolute Gasteiger partial charge is 0.416 e. The van der Waals surface area contributed by atoms with E-state index < -0.39 is 33.5 Å². The maximum Gasteiger partial charge on any atom is 0.416 e. The summed E-state index contributed by atoms with van der Waals surface area (Å²) in [6.45, 7) is 5.85. The van der Waals surface area contributed by atoms with E-state index in [0.717, 1.165) is 12.5 Å². The van der Waals surface area contributed by atoms with Crippen molar-refractivity contribution in [2.45, 2.75) is 76.8 Å². The molecule has 4 atom stereocenters. The van der Waals surface area contributed by atoms with Crippen LogP contribution < -0.4 is 5.32 Å². The molecule has 2 fully saturated rings. The number of alkyl halides is 3. The number of carbonyl (C=O) groups excluding carboxylic acids is 2. The normalized spacial score (nSPS) is 25.6. The zero-order valence-electron chi connectivity index (χ0n) is 21.4. The van der Waals surface area contributed by atoms with Crippen molar-refractivity contribution in [2.75, 3.05) is 25.6 Å². The van der Waals surface area contributed by atoms with Crippen LogP contribution in [0, 0.1) is 12.8 Å². The molecule has 7 nitrogen and oxygen atoms in total. The first kappa shape index (κ1) is 28.4. The maximum absolute atomic E-state index is 13.3. The Bertz CT molecular complexity index is 1090. The number of nitrogens with one attached hydrogen (secondary N) is 1. The Morgan fingerprint density at radius 1 is 1.22 bits per heavy atom. The summed E-state index contributed by atoms with van der Waals surface area (Å²) in [6, 6.07) is 2.75. The summed E-state index contributed by atoms with van der Waals surface area (Å²) in [4.78, 5) is 29.9. The fourth-order valence-corrected chi connectivity index (χ4v) is 6.60. The molecule has 1 saturated carbocycles. The molecule has 2 amide bonds. The predicted octanol–water partition coefficient (Wildman–Crippen LogP) is 3.27. The molecule has 1 unspecified atom stereocenters. The summed E-state index contributed by atoms with van der Waals surface area (Å²) in [5.41, 5.74) is -1.04. The van der Waals surface area contributed by atoms with Crippen LogP contribution in [-0.2, 0) is 20.8 Å². The van der Waals surface area contributed by atoms with E-state index in [9.17, 15) is 31.2 Å². The van der Waals surface area contributed by atoms with E-state index in [2.05, 4.69) is 24.1 Å². The zero-order valence-corrected chi connectivity index (χ0v) is 22.2. The average Bonchev–Trinajstić information content (AvgIpc) is 3.11. The highest BCUT2D eigenvalue weighted by Gasteiger charge is 2.44. The number of carbonyl (C=O) groups is 2. The number of hydrogen-bond donors (Lipinski definition) is 1. The van der Waals surface area contributed by atoms with Gasteiger partial charge in [-0.3, -0.25) is 9.59 Å². The van der Waals surface area contributed by atoms with Gasteiger partial charge in [0.2, 0.25) is 5.91 Å². The van der Waals surface area contributed by atoms with Crippen molar-refractivity contribution in [3.63, 3.8) is 0 Å². The molecular formula is C25H36F3N3O4S. The van der Waals surface area contributed by atoms with E-state index in [-0.39, 0.29) is 40.8 Å². The minimum Gasteiger partial charge on any atom is -0.340 e. The second kappa shape index (κ2) is 10.7. The number of halogens is 3. The smallest absolute Gasteiger partial charge is 0.340 e. The van der Waals surface area contributed by atoms with Gasteiger partial charge in [0.1, 0.15) is 15.9 Å². The second-order valence-corrected chi connectivity index (χ2v) is 12.7. The van der Waals surface area contributed by atoms with Gasteiger partial charge in [-0.05, 0) is 77.1 Å². The van der Waals surface area contributed by atoms with Gasteiger partial charge in [0, 0.05) is 36.5 Å². The monoisotopic (exact) mass is 531 g/mol. The molecule has 0 spiro atoms. The molecule has 0 radical (unpaired) electrons. The van der Waals surface area contributed by atoms with Crippen molar-refractivity contribution in [2.24, 2.45) is 5.92 Å². The highest BCUT2D eigenvalue weighted by atomic mass is 32.2. The van der Waals surface area contributed by atoms with Crippen LogP contribution in [-0.4, -0.2) is 79.8 Å². The van der Waals surface area contributed by atoms with Crippen LogP contribution in [0.4, 0.5) is 13.2 Å². The van der Waals surface area contributed by atoms with Crippen LogP contribution in [0.25, 0.3) is 0 Å². The molecule has 1 heterocycles. The third-order valence-electron chi connectivity index (χ3n) is 7.57. The summed E-state index contributed by atoms with van der Waals surface area (Å²) >= 11 is 0. The minimum absolute atomic E-state index is 0.0119. The number of nitrogens with zero attached hydrogens (tertiary/aromatic N) is 2. The first-order valence-corrected chi connectivity index (χ1v) is 14.3. The van der Waals surface area contributed by atoms with E-state index in [1.807, 2.05) is 7.05 Å². The molecular weight excluding hydrogens is 495 g/mol. The van der Waals surface area contributed by atoms with Gasteiger partial charge in [-0.2, -0.15) is 13.2 Å². The Morgan fingerprint density at radius 2 is 1.89 bits per heavy atom. The Morgan fingerprint density at radius 3 is 2.47 bits per heavy atom. The highest BCUT2D eigenvalue weighted by Crippen LogP contribution is 2.35. The molecule has 202 valence electrons. The Hall–Kier alpha value is -2.14. The fourth-order valence-electron chi connectivity index (χ4n) is 5.47. The maximum atomic E-state index is 13.3. The standard InChI is InChI=1S/C25H36F3N3O4S/c1-15(2)30(4)19-8-9-22(18(12-19)14-36(5,34)35)31-11-10-21(24(31)33)29-23(32)17-7-6-16(3)20(13-17)25(26,27)28/h6-7,13,15,18-19,21-22H,8-12,14H2,1-5H3,(H,29,32)/t18-,19+,21?,22-/m0/s1. The molecule has 1 aromatic carbocycles. The number of hydrogen-bond acceptors (Lipinski definition) is 5. The van der Waals surface area contributed by atoms with Crippen LogP contribution in [0.3, 0.4) is 0 Å². The first-order chi connectivity index (χ1) is 16.6. The molecule has 1 aliphatic heterocycles. The lowest BCUT2D eigenvalue weighted by Gasteiger charge is -2.44. The van der Waals surface area contributed by atoms with Gasteiger partial charge in [0.15, 0.2) is 0 Å². The summed E-state index contributed by atoms with van der Waals surface area (Å²) in [7, 11) is -1.26. The van der Waals surface area contributed by atoms with Crippen molar-refractivity contribution < 1.29 is 31.2 Å². The number of amides is 2. The van der Waals surface area contributed by atoms with Crippen LogP contribution >= 0.6 is 0 Å². The number of rotatable bonds is 7. The number of aryl methyl sites for hydroxylation is 1. The van der Waals surface area contributed by atoms with Crippen LogP contribution in [0.15, 0.2) is 18.2 Å². The lowest BCUT2D eigenvalue weighted by Crippen LogP contribution is -2.53. The summed E-state index contributed by atoms with van der Waals surface area (Å²) in [5, 5.41) is 2.59. The molecule has 0 bridgehead atoms. The molecule has 2 aliphatic rings. The van der Waals surface area contributed by atoms with Gasteiger partial charge in [0.25, 0.3) is 5.91 Å².